The standard InChI is InChI=1S/C14H16ClN3/c1-3-9-6-5-7-10(4-2)13(9)11-8-12(15)18-14(16)17-11/h5-8H,3-4H2,1-2H3,(H2,16,17,18). The zero-order valence-electron chi connectivity index (χ0n) is 10.6. The van der Waals surface area contributed by atoms with Crippen molar-refractivity contribution >= 4 is 17.5 Å². The summed E-state index contributed by atoms with van der Waals surface area (Å²) in [5.41, 5.74) is 10.1. The van der Waals surface area contributed by atoms with E-state index in [9.17, 15) is 0 Å². The summed E-state index contributed by atoms with van der Waals surface area (Å²) in [7, 11) is 0. The lowest BCUT2D eigenvalue weighted by Crippen LogP contribution is -2.00. The molecule has 0 aliphatic rings. The fourth-order valence-corrected chi connectivity index (χ4v) is 2.32. The van der Waals surface area contributed by atoms with E-state index in [1.807, 2.05) is 0 Å². The highest BCUT2D eigenvalue weighted by Crippen LogP contribution is 2.29. The average molecular weight is 262 g/mol. The molecule has 2 aromatic rings. The van der Waals surface area contributed by atoms with Crippen LogP contribution in [0.3, 0.4) is 0 Å². The van der Waals surface area contributed by atoms with Gasteiger partial charge in [-0.25, -0.2) is 9.97 Å². The van der Waals surface area contributed by atoms with Crippen molar-refractivity contribution in [2.75, 3.05) is 5.73 Å². The lowest BCUT2D eigenvalue weighted by molar-refractivity contribution is 1.08. The van der Waals surface area contributed by atoms with E-state index in [2.05, 4.69) is 42.0 Å². The number of benzene rings is 1. The summed E-state index contributed by atoms with van der Waals surface area (Å²) < 4.78 is 0. The molecule has 0 aliphatic carbocycles. The van der Waals surface area contributed by atoms with E-state index in [0.717, 1.165) is 24.1 Å². The molecule has 0 atom stereocenters. The van der Waals surface area contributed by atoms with Crippen LogP contribution in [0.2, 0.25) is 5.15 Å². The van der Waals surface area contributed by atoms with Crippen LogP contribution in [-0.4, -0.2) is 9.97 Å². The summed E-state index contributed by atoms with van der Waals surface area (Å²) in [5.74, 6) is 0.213. The van der Waals surface area contributed by atoms with Crippen molar-refractivity contribution in [2.24, 2.45) is 0 Å². The van der Waals surface area contributed by atoms with Crippen molar-refractivity contribution in [2.45, 2.75) is 26.7 Å². The van der Waals surface area contributed by atoms with Crippen molar-refractivity contribution in [3.05, 3.63) is 40.5 Å². The van der Waals surface area contributed by atoms with Crippen LogP contribution in [0, 0.1) is 0 Å². The second-order valence-electron chi connectivity index (χ2n) is 4.09. The first-order valence-corrected chi connectivity index (χ1v) is 6.44. The monoisotopic (exact) mass is 261 g/mol. The van der Waals surface area contributed by atoms with Crippen molar-refractivity contribution in [1.29, 1.82) is 0 Å². The molecule has 0 saturated heterocycles. The lowest BCUT2D eigenvalue weighted by atomic mass is 9.95. The average Bonchev–Trinajstić information content (AvgIpc) is 2.36. The van der Waals surface area contributed by atoms with Gasteiger partial charge in [-0.3, -0.25) is 0 Å². The lowest BCUT2D eigenvalue weighted by Gasteiger charge is -2.13. The predicted octanol–water partition coefficient (Wildman–Crippen LogP) is 3.50. The van der Waals surface area contributed by atoms with E-state index in [1.165, 1.54) is 11.1 Å². The maximum absolute atomic E-state index is 5.96. The molecule has 0 fully saturated rings. The molecule has 1 aromatic carbocycles. The fraction of sp³-hybridized carbons (Fsp3) is 0.286. The van der Waals surface area contributed by atoms with Crippen LogP contribution < -0.4 is 5.73 Å². The molecule has 0 unspecified atom stereocenters. The molecule has 0 aliphatic heterocycles. The molecule has 0 amide bonds. The Balaban J connectivity index is 2.68. The third-order valence-electron chi connectivity index (χ3n) is 2.97. The molecule has 2 N–H and O–H groups in total. The normalized spacial score (nSPS) is 10.6. The Morgan fingerprint density at radius 1 is 1.11 bits per heavy atom. The zero-order chi connectivity index (χ0) is 13.1. The van der Waals surface area contributed by atoms with E-state index in [4.69, 9.17) is 17.3 Å². The van der Waals surface area contributed by atoms with Crippen molar-refractivity contribution in [3.8, 4) is 11.3 Å². The Morgan fingerprint density at radius 2 is 1.72 bits per heavy atom. The molecule has 18 heavy (non-hydrogen) atoms. The third kappa shape index (κ3) is 2.46. The molecule has 1 heterocycles. The summed E-state index contributed by atoms with van der Waals surface area (Å²) in [6.45, 7) is 4.26. The van der Waals surface area contributed by atoms with Crippen LogP contribution in [0.4, 0.5) is 5.95 Å². The van der Waals surface area contributed by atoms with Gasteiger partial charge in [0.15, 0.2) is 0 Å². The quantitative estimate of drug-likeness (QED) is 0.861. The van der Waals surface area contributed by atoms with Crippen LogP contribution in [0.5, 0.6) is 0 Å². The van der Waals surface area contributed by atoms with Crippen LogP contribution in [-0.2, 0) is 12.8 Å². The zero-order valence-corrected chi connectivity index (χ0v) is 11.3. The first-order chi connectivity index (χ1) is 8.65. The molecule has 1 aromatic heterocycles. The highest BCUT2D eigenvalue weighted by molar-refractivity contribution is 6.29. The van der Waals surface area contributed by atoms with E-state index in [1.54, 1.807) is 6.07 Å². The van der Waals surface area contributed by atoms with Gasteiger partial charge in [0.1, 0.15) is 5.15 Å². The Hall–Kier alpha value is -1.61. The summed E-state index contributed by atoms with van der Waals surface area (Å²) >= 11 is 5.96. The third-order valence-corrected chi connectivity index (χ3v) is 3.16. The van der Waals surface area contributed by atoms with Gasteiger partial charge >= 0.3 is 0 Å². The summed E-state index contributed by atoms with van der Waals surface area (Å²) in [6.07, 6.45) is 1.90. The Bertz CT molecular complexity index is 524. The number of nitrogens with zero attached hydrogens (tertiary/aromatic N) is 2. The van der Waals surface area contributed by atoms with Crippen molar-refractivity contribution < 1.29 is 0 Å². The number of nitrogen functional groups attached to an aromatic ring is 1. The summed E-state index contributed by atoms with van der Waals surface area (Å²) in [5, 5.41) is 0.380. The van der Waals surface area contributed by atoms with Gasteiger partial charge in [0.05, 0.1) is 5.69 Å². The van der Waals surface area contributed by atoms with E-state index < -0.39 is 0 Å². The minimum atomic E-state index is 0.213. The Kier molecular flexibility index (Phi) is 3.82. The number of rotatable bonds is 3. The van der Waals surface area contributed by atoms with Crippen LogP contribution in [0.1, 0.15) is 25.0 Å². The molecule has 0 bridgehead atoms. The smallest absolute Gasteiger partial charge is 0.221 e. The van der Waals surface area contributed by atoms with Crippen molar-refractivity contribution in [1.82, 2.24) is 9.97 Å². The minimum absolute atomic E-state index is 0.213. The molecular formula is C14H16ClN3. The highest BCUT2D eigenvalue weighted by atomic mass is 35.5. The SMILES string of the molecule is CCc1cccc(CC)c1-c1cc(Cl)nc(N)n1. The van der Waals surface area contributed by atoms with E-state index >= 15 is 0 Å². The number of aromatic nitrogens is 2. The summed E-state index contributed by atoms with van der Waals surface area (Å²) in [4.78, 5) is 8.21. The number of anilines is 1. The van der Waals surface area contributed by atoms with Gasteiger partial charge in [0, 0.05) is 11.6 Å². The minimum Gasteiger partial charge on any atom is -0.368 e. The molecule has 2 rings (SSSR count). The molecule has 0 saturated carbocycles. The van der Waals surface area contributed by atoms with Gasteiger partial charge in [-0.05, 0) is 24.0 Å². The van der Waals surface area contributed by atoms with Gasteiger partial charge < -0.3 is 5.73 Å². The van der Waals surface area contributed by atoms with Gasteiger partial charge in [-0.15, -0.1) is 0 Å². The number of hydrogen-bond donors (Lipinski definition) is 1. The number of halogens is 1. The number of aryl methyl sites for hydroxylation is 2. The van der Waals surface area contributed by atoms with Gasteiger partial charge in [0.2, 0.25) is 5.95 Å². The first-order valence-electron chi connectivity index (χ1n) is 6.06. The first kappa shape index (κ1) is 12.8. The molecular weight excluding hydrogens is 246 g/mol. The number of nitrogens with two attached hydrogens (primary N) is 1. The van der Waals surface area contributed by atoms with Crippen LogP contribution in [0.25, 0.3) is 11.3 Å². The molecule has 94 valence electrons. The highest BCUT2D eigenvalue weighted by Gasteiger charge is 2.11. The maximum atomic E-state index is 5.96. The second-order valence-corrected chi connectivity index (χ2v) is 4.48. The molecule has 3 nitrogen and oxygen atoms in total. The van der Waals surface area contributed by atoms with Gasteiger partial charge in [-0.1, -0.05) is 43.6 Å². The van der Waals surface area contributed by atoms with E-state index in [-0.39, 0.29) is 5.95 Å². The number of hydrogen-bond acceptors (Lipinski definition) is 3. The largest absolute Gasteiger partial charge is 0.368 e. The van der Waals surface area contributed by atoms with Gasteiger partial charge in [0.25, 0.3) is 0 Å². The molecule has 0 radical (unpaired) electrons. The van der Waals surface area contributed by atoms with Crippen LogP contribution >= 0.6 is 11.6 Å². The molecule has 0 spiro atoms. The van der Waals surface area contributed by atoms with Gasteiger partial charge in [-0.2, -0.15) is 0 Å². The Morgan fingerprint density at radius 3 is 2.22 bits per heavy atom. The fourth-order valence-electron chi connectivity index (χ4n) is 2.13. The second kappa shape index (κ2) is 5.36. The van der Waals surface area contributed by atoms with Crippen LogP contribution in [0.15, 0.2) is 24.3 Å². The summed E-state index contributed by atoms with van der Waals surface area (Å²) in [6, 6.07) is 8.07. The van der Waals surface area contributed by atoms with E-state index in [0.29, 0.717) is 5.15 Å². The van der Waals surface area contributed by atoms with Crippen molar-refractivity contribution in [3.63, 3.8) is 0 Å². The maximum Gasteiger partial charge on any atom is 0.221 e. The topological polar surface area (TPSA) is 51.8 Å². The predicted molar refractivity (Wildman–Crippen MR) is 75.6 cm³/mol. The Labute approximate surface area is 112 Å². The molecule has 4 heteroatoms.